The highest BCUT2D eigenvalue weighted by molar-refractivity contribution is 6.30. The van der Waals surface area contributed by atoms with Gasteiger partial charge in [-0.25, -0.2) is 0 Å². The highest BCUT2D eigenvalue weighted by atomic mass is 35.5. The van der Waals surface area contributed by atoms with Crippen LogP contribution in [0.15, 0.2) is 48.5 Å². The van der Waals surface area contributed by atoms with Crippen LogP contribution in [-0.4, -0.2) is 48.4 Å². The number of piperidine rings is 1. The van der Waals surface area contributed by atoms with Crippen molar-refractivity contribution in [3.05, 3.63) is 59.1 Å². The van der Waals surface area contributed by atoms with Gasteiger partial charge in [-0.05, 0) is 75.1 Å². The van der Waals surface area contributed by atoms with Crippen LogP contribution < -0.4 is 9.64 Å². The summed E-state index contributed by atoms with van der Waals surface area (Å²) in [5, 5.41) is 11.8. The molecule has 0 bridgehead atoms. The Hall–Kier alpha value is -1.17. The number of rotatable bonds is 8. The highest BCUT2D eigenvalue weighted by Crippen LogP contribution is 2.28. The van der Waals surface area contributed by atoms with E-state index in [2.05, 4.69) is 35.0 Å². The fourth-order valence-electron chi connectivity index (χ4n) is 3.83. The third-order valence-electron chi connectivity index (χ3n) is 5.64. The van der Waals surface area contributed by atoms with Gasteiger partial charge in [-0.15, -0.1) is 24.8 Å². The zero-order chi connectivity index (χ0) is 20.9. The molecule has 1 aliphatic heterocycles. The first-order valence-corrected chi connectivity index (χ1v) is 10.9. The van der Waals surface area contributed by atoms with Gasteiger partial charge in [0.1, 0.15) is 5.75 Å². The highest BCUT2D eigenvalue weighted by Gasteiger charge is 2.32. The summed E-state index contributed by atoms with van der Waals surface area (Å²) in [6.07, 6.45) is 2.57. The standard InChI is InChI=1S/C24H33ClN2O2.2ClH/c1-19(2)29-23-9-7-22(8-10-23)26(3)14-11-24(28)12-15-27(16-13-24)18-20-5-4-6-21(25)17-20;;/h4-10,17,19,28H,11-16,18H2,1-3H3;2*1H. The lowest BCUT2D eigenvalue weighted by molar-refractivity contribution is -0.0275. The van der Waals surface area contributed by atoms with Crippen molar-refractivity contribution in [2.45, 2.75) is 51.4 Å². The van der Waals surface area contributed by atoms with Gasteiger partial charge < -0.3 is 14.7 Å². The third-order valence-corrected chi connectivity index (χ3v) is 5.88. The number of hydrogen-bond acceptors (Lipinski definition) is 4. The van der Waals surface area contributed by atoms with Gasteiger partial charge in [-0.1, -0.05) is 23.7 Å². The van der Waals surface area contributed by atoms with Crippen molar-refractivity contribution in [2.75, 3.05) is 31.6 Å². The van der Waals surface area contributed by atoms with Crippen LogP contribution in [0.3, 0.4) is 0 Å². The summed E-state index contributed by atoms with van der Waals surface area (Å²) in [6, 6.07) is 16.2. The van der Waals surface area contributed by atoms with Crippen molar-refractivity contribution in [3.8, 4) is 5.75 Å². The quantitative estimate of drug-likeness (QED) is 0.506. The first kappa shape index (κ1) is 27.9. The average molecular weight is 490 g/mol. The molecule has 3 rings (SSSR count). The predicted octanol–water partition coefficient (Wildman–Crippen LogP) is 5.82. The van der Waals surface area contributed by atoms with Gasteiger partial charge >= 0.3 is 0 Å². The minimum atomic E-state index is -0.584. The van der Waals surface area contributed by atoms with Crippen LogP contribution in [0.25, 0.3) is 0 Å². The van der Waals surface area contributed by atoms with Gasteiger partial charge in [0.15, 0.2) is 0 Å². The maximum atomic E-state index is 11.0. The summed E-state index contributed by atoms with van der Waals surface area (Å²) in [5.41, 5.74) is 1.79. The summed E-state index contributed by atoms with van der Waals surface area (Å²) >= 11 is 6.09. The Morgan fingerprint density at radius 1 is 1.10 bits per heavy atom. The van der Waals surface area contributed by atoms with Gasteiger partial charge in [-0.2, -0.15) is 0 Å². The summed E-state index contributed by atoms with van der Waals surface area (Å²) in [5.74, 6) is 0.892. The molecule has 1 saturated heterocycles. The van der Waals surface area contributed by atoms with Crippen molar-refractivity contribution in [2.24, 2.45) is 0 Å². The van der Waals surface area contributed by atoms with E-state index in [-0.39, 0.29) is 30.9 Å². The Bertz CT molecular complexity index is 779. The lowest BCUT2D eigenvalue weighted by Crippen LogP contribution is -2.45. The first-order valence-electron chi connectivity index (χ1n) is 10.5. The van der Waals surface area contributed by atoms with Gasteiger partial charge in [0.2, 0.25) is 0 Å². The molecule has 1 heterocycles. The number of hydrogen-bond donors (Lipinski definition) is 1. The molecule has 0 aliphatic carbocycles. The number of ether oxygens (including phenoxy) is 1. The van der Waals surface area contributed by atoms with Crippen molar-refractivity contribution < 1.29 is 9.84 Å². The minimum absolute atomic E-state index is 0. The molecular weight excluding hydrogens is 455 g/mol. The van der Waals surface area contributed by atoms with E-state index in [1.807, 2.05) is 44.2 Å². The molecule has 2 aromatic carbocycles. The molecule has 31 heavy (non-hydrogen) atoms. The van der Waals surface area contributed by atoms with Crippen molar-refractivity contribution >= 4 is 42.1 Å². The van der Waals surface area contributed by atoms with Crippen LogP contribution in [0.4, 0.5) is 5.69 Å². The molecule has 7 heteroatoms. The van der Waals surface area contributed by atoms with E-state index >= 15 is 0 Å². The maximum Gasteiger partial charge on any atom is 0.119 e. The molecule has 1 N–H and O–H groups in total. The van der Waals surface area contributed by atoms with Gasteiger partial charge in [0.05, 0.1) is 11.7 Å². The van der Waals surface area contributed by atoms with Gasteiger partial charge in [-0.3, -0.25) is 4.90 Å². The molecule has 0 radical (unpaired) electrons. The molecule has 174 valence electrons. The molecule has 0 aromatic heterocycles. The number of anilines is 1. The second-order valence-corrected chi connectivity index (χ2v) is 8.90. The van der Waals surface area contributed by atoms with Crippen molar-refractivity contribution in [3.63, 3.8) is 0 Å². The minimum Gasteiger partial charge on any atom is -0.491 e. The zero-order valence-electron chi connectivity index (χ0n) is 18.6. The molecular formula is C24H35Cl3N2O2. The lowest BCUT2D eigenvalue weighted by Gasteiger charge is -2.39. The molecule has 0 atom stereocenters. The Morgan fingerprint density at radius 2 is 1.74 bits per heavy atom. The predicted molar refractivity (Wildman–Crippen MR) is 136 cm³/mol. The Kier molecular flexibility index (Phi) is 11.5. The van der Waals surface area contributed by atoms with E-state index < -0.39 is 5.60 Å². The zero-order valence-corrected chi connectivity index (χ0v) is 21.0. The third kappa shape index (κ3) is 8.70. The van der Waals surface area contributed by atoms with E-state index in [1.165, 1.54) is 5.56 Å². The Balaban J connectivity index is 0.00000240. The molecule has 1 fully saturated rings. The van der Waals surface area contributed by atoms with Crippen LogP contribution in [0.5, 0.6) is 5.75 Å². The van der Waals surface area contributed by atoms with E-state index in [0.29, 0.717) is 0 Å². The number of aliphatic hydroxyl groups is 1. The maximum absolute atomic E-state index is 11.0. The summed E-state index contributed by atoms with van der Waals surface area (Å²) in [7, 11) is 2.08. The topological polar surface area (TPSA) is 35.9 Å². The molecule has 2 aromatic rings. The van der Waals surface area contributed by atoms with Crippen LogP contribution >= 0.6 is 36.4 Å². The number of nitrogens with zero attached hydrogens (tertiary/aromatic N) is 2. The van der Waals surface area contributed by atoms with Crippen LogP contribution in [0.2, 0.25) is 5.02 Å². The van der Waals surface area contributed by atoms with E-state index in [4.69, 9.17) is 16.3 Å². The second kappa shape index (κ2) is 12.8. The normalized spacial score (nSPS) is 15.7. The van der Waals surface area contributed by atoms with Crippen LogP contribution in [0, 0.1) is 0 Å². The van der Waals surface area contributed by atoms with Crippen LogP contribution in [-0.2, 0) is 6.54 Å². The summed E-state index contributed by atoms with van der Waals surface area (Å²) in [4.78, 5) is 4.60. The van der Waals surface area contributed by atoms with Gasteiger partial charge in [0, 0.05) is 43.9 Å². The fraction of sp³-hybridized carbons (Fsp3) is 0.500. The number of halogens is 3. The van der Waals surface area contributed by atoms with Crippen molar-refractivity contribution in [1.82, 2.24) is 4.90 Å². The lowest BCUT2D eigenvalue weighted by atomic mass is 9.88. The Morgan fingerprint density at radius 3 is 2.32 bits per heavy atom. The number of likely N-dealkylation sites (tertiary alicyclic amines) is 1. The van der Waals surface area contributed by atoms with Crippen molar-refractivity contribution in [1.29, 1.82) is 0 Å². The summed E-state index contributed by atoms with van der Waals surface area (Å²) < 4.78 is 5.71. The molecule has 0 saturated carbocycles. The molecule has 1 aliphatic rings. The van der Waals surface area contributed by atoms with E-state index in [0.717, 1.165) is 61.9 Å². The Labute approximate surface area is 204 Å². The summed E-state index contributed by atoms with van der Waals surface area (Å²) in [6.45, 7) is 7.60. The monoisotopic (exact) mass is 488 g/mol. The smallest absolute Gasteiger partial charge is 0.119 e. The molecule has 4 nitrogen and oxygen atoms in total. The largest absolute Gasteiger partial charge is 0.491 e. The molecule has 0 amide bonds. The second-order valence-electron chi connectivity index (χ2n) is 8.46. The molecule has 0 spiro atoms. The van der Waals surface area contributed by atoms with Gasteiger partial charge in [0.25, 0.3) is 0 Å². The average Bonchev–Trinajstić information content (AvgIpc) is 2.68. The first-order chi connectivity index (χ1) is 13.8. The SMILES string of the molecule is CC(C)Oc1ccc(N(C)CCC2(O)CCN(Cc3cccc(Cl)c3)CC2)cc1.Cl.Cl. The van der Waals surface area contributed by atoms with E-state index in [9.17, 15) is 5.11 Å². The fourth-order valence-corrected chi connectivity index (χ4v) is 4.04. The van der Waals surface area contributed by atoms with E-state index in [1.54, 1.807) is 0 Å². The number of benzene rings is 2. The molecule has 0 unspecified atom stereocenters. The van der Waals surface area contributed by atoms with Crippen LogP contribution in [0.1, 0.15) is 38.7 Å².